The minimum Gasteiger partial charge on any atom is -0.384 e. The van der Waals surface area contributed by atoms with Crippen molar-refractivity contribution in [2.24, 2.45) is 0 Å². The molecule has 0 atom stereocenters. The van der Waals surface area contributed by atoms with Gasteiger partial charge in [-0.15, -0.1) is 0 Å². The Balaban J connectivity index is 1.59. The van der Waals surface area contributed by atoms with Crippen LogP contribution in [-0.4, -0.2) is 43.5 Å². The third kappa shape index (κ3) is 2.96. The average molecular weight is 273 g/mol. The van der Waals surface area contributed by atoms with Crippen molar-refractivity contribution in [2.45, 2.75) is 25.7 Å². The summed E-state index contributed by atoms with van der Waals surface area (Å²) in [5, 5.41) is 6.43. The van der Waals surface area contributed by atoms with Gasteiger partial charge in [-0.05, 0) is 50.4 Å². The van der Waals surface area contributed by atoms with Gasteiger partial charge in [0.1, 0.15) is 0 Å². The van der Waals surface area contributed by atoms with Crippen LogP contribution in [0.5, 0.6) is 0 Å². The Kier molecular flexibility index (Phi) is 4.21. The highest BCUT2D eigenvalue weighted by Crippen LogP contribution is 2.25. The monoisotopic (exact) mass is 273 g/mol. The lowest BCUT2D eigenvalue weighted by Crippen LogP contribution is -2.34. The van der Waals surface area contributed by atoms with Crippen molar-refractivity contribution in [3.63, 3.8) is 0 Å². The quantitative estimate of drug-likeness (QED) is 0.880. The second-order valence-corrected chi connectivity index (χ2v) is 5.67. The normalized spacial score (nSPS) is 18.4. The van der Waals surface area contributed by atoms with E-state index in [-0.39, 0.29) is 5.91 Å². The second kappa shape index (κ2) is 6.27. The van der Waals surface area contributed by atoms with E-state index in [4.69, 9.17) is 0 Å². The molecule has 20 heavy (non-hydrogen) atoms. The van der Waals surface area contributed by atoms with Crippen LogP contribution in [0.3, 0.4) is 0 Å². The number of fused-ring (bicyclic) bond motifs is 1. The number of carbonyl (C=O) groups excluding carboxylic acids is 1. The number of amides is 1. The molecule has 2 aliphatic rings. The number of nitrogens with zero attached hydrogens (tertiary/aromatic N) is 1. The number of rotatable bonds is 4. The highest BCUT2D eigenvalue weighted by molar-refractivity contribution is 6.00. The summed E-state index contributed by atoms with van der Waals surface area (Å²) in [7, 11) is 0. The Bertz CT molecular complexity index is 481. The van der Waals surface area contributed by atoms with Gasteiger partial charge in [0.05, 0.1) is 11.3 Å². The highest BCUT2D eigenvalue weighted by Gasteiger charge is 2.17. The van der Waals surface area contributed by atoms with Gasteiger partial charge in [-0.3, -0.25) is 4.79 Å². The van der Waals surface area contributed by atoms with Gasteiger partial charge in [0, 0.05) is 19.6 Å². The van der Waals surface area contributed by atoms with Gasteiger partial charge < -0.3 is 15.5 Å². The van der Waals surface area contributed by atoms with Crippen LogP contribution in [0.25, 0.3) is 0 Å². The topological polar surface area (TPSA) is 44.4 Å². The molecule has 0 radical (unpaired) electrons. The summed E-state index contributed by atoms with van der Waals surface area (Å²) in [6.45, 7) is 5.03. The zero-order valence-electron chi connectivity index (χ0n) is 12.0. The molecule has 2 N–H and O–H groups in total. The standard InChI is InChI=1S/C16H23N3O/c20-16(18-9-12-19-10-1-2-11-19)14-7-3-5-13-6-4-8-17-15(13)14/h3,5,7,17H,1-2,4,6,8-12H2,(H,18,20). The Morgan fingerprint density at radius 2 is 2.10 bits per heavy atom. The van der Waals surface area contributed by atoms with Crippen LogP contribution in [0.2, 0.25) is 0 Å². The highest BCUT2D eigenvalue weighted by atomic mass is 16.1. The minimum absolute atomic E-state index is 0.0513. The van der Waals surface area contributed by atoms with Crippen molar-refractivity contribution in [3.05, 3.63) is 29.3 Å². The molecule has 2 aliphatic heterocycles. The van der Waals surface area contributed by atoms with Crippen molar-refractivity contribution in [2.75, 3.05) is 38.0 Å². The first-order chi connectivity index (χ1) is 9.84. The van der Waals surface area contributed by atoms with Gasteiger partial charge in [-0.25, -0.2) is 0 Å². The largest absolute Gasteiger partial charge is 0.384 e. The third-order valence-electron chi connectivity index (χ3n) is 4.23. The van der Waals surface area contributed by atoms with Crippen LogP contribution in [0.15, 0.2) is 18.2 Å². The lowest BCUT2D eigenvalue weighted by atomic mass is 9.99. The fourth-order valence-corrected chi connectivity index (χ4v) is 3.13. The van der Waals surface area contributed by atoms with E-state index in [9.17, 15) is 4.79 Å². The van der Waals surface area contributed by atoms with Crippen molar-refractivity contribution in [3.8, 4) is 0 Å². The van der Waals surface area contributed by atoms with E-state index in [0.29, 0.717) is 0 Å². The Morgan fingerprint density at radius 1 is 1.25 bits per heavy atom. The molecule has 1 saturated heterocycles. The molecule has 0 unspecified atom stereocenters. The first-order valence-electron chi connectivity index (χ1n) is 7.71. The molecule has 0 aromatic heterocycles. The van der Waals surface area contributed by atoms with Crippen molar-refractivity contribution >= 4 is 11.6 Å². The van der Waals surface area contributed by atoms with Gasteiger partial charge in [-0.2, -0.15) is 0 Å². The number of likely N-dealkylation sites (tertiary alicyclic amines) is 1. The van der Waals surface area contributed by atoms with Crippen LogP contribution in [0.4, 0.5) is 5.69 Å². The van der Waals surface area contributed by atoms with E-state index >= 15 is 0 Å². The lowest BCUT2D eigenvalue weighted by molar-refractivity contribution is 0.0950. The number of carbonyl (C=O) groups is 1. The summed E-state index contributed by atoms with van der Waals surface area (Å²) >= 11 is 0. The fourth-order valence-electron chi connectivity index (χ4n) is 3.13. The summed E-state index contributed by atoms with van der Waals surface area (Å²) in [4.78, 5) is 14.7. The van der Waals surface area contributed by atoms with Crippen LogP contribution in [-0.2, 0) is 6.42 Å². The molecule has 4 nitrogen and oxygen atoms in total. The van der Waals surface area contributed by atoms with E-state index in [1.807, 2.05) is 12.1 Å². The fraction of sp³-hybridized carbons (Fsp3) is 0.562. The first kappa shape index (κ1) is 13.4. The zero-order valence-corrected chi connectivity index (χ0v) is 12.0. The SMILES string of the molecule is O=C(NCCN1CCCC1)c1cccc2c1NCCC2. The molecular weight excluding hydrogens is 250 g/mol. The Labute approximate surface area is 120 Å². The zero-order chi connectivity index (χ0) is 13.8. The third-order valence-corrected chi connectivity index (χ3v) is 4.23. The van der Waals surface area contributed by atoms with Gasteiger partial charge in [0.25, 0.3) is 5.91 Å². The summed E-state index contributed by atoms with van der Waals surface area (Å²) in [5.74, 6) is 0.0513. The Morgan fingerprint density at radius 3 is 2.95 bits per heavy atom. The maximum atomic E-state index is 12.3. The minimum atomic E-state index is 0.0513. The number of aryl methyl sites for hydroxylation is 1. The molecular formula is C16H23N3O. The Hall–Kier alpha value is -1.55. The van der Waals surface area contributed by atoms with E-state index in [1.54, 1.807) is 0 Å². The van der Waals surface area contributed by atoms with E-state index in [2.05, 4.69) is 21.6 Å². The van der Waals surface area contributed by atoms with Gasteiger partial charge >= 0.3 is 0 Å². The second-order valence-electron chi connectivity index (χ2n) is 5.67. The molecule has 3 rings (SSSR count). The van der Waals surface area contributed by atoms with Gasteiger partial charge in [0.2, 0.25) is 0 Å². The van der Waals surface area contributed by atoms with Gasteiger partial charge in [-0.1, -0.05) is 12.1 Å². The predicted octanol–water partition coefficient (Wildman–Crippen LogP) is 1.87. The van der Waals surface area contributed by atoms with Crippen molar-refractivity contribution < 1.29 is 4.79 Å². The smallest absolute Gasteiger partial charge is 0.253 e. The lowest BCUT2D eigenvalue weighted by Gasteiger charge is -2.21. The molecule has 0 bridgehead atoms. The number of para-hydroxylation sites is 1. The summed E-state index contributed by atoms with van der Waals surface area (Å²) in [5.41, 5.74) is 3.10. The first-order valence-corrected chi connectivity index (χ1v) is 7.71. The maximum absolute atomic E-state index is 12.3. The van der Waals surface area contributed by atoms with Gasteiger partial charge in [0.15, 0.2) is 0 Å². The van der Waals surface area contributed by atoms with Crippen LogP contribution in [0.1, 0.15) is 35.2 Å². The molecule has 1 aromatic carbocycles. The van der Waals surface area contributed by atoms with E-state index in [0.717, 1.165) is 43.7 Å². The van der Waals surface area contributed by atoms with Crippen LogP contribution >= 0.6 is 0 Å². The number of anilines is 1. The molecule has 0 aliphatic carbocycles. The summed E-state index contributed by atoms with van der Waals surface area (Å²) in [6, 6.07) is 6.02. The van der Waals surface area contributed by atoms with Crippen molar-refractivity contribution in [1.82, 2.24) is 10.2 Å². The van der Waals surface area contributed by atoms with Crippen LogP contribution in [0, 0.1) is 0 Å². The number of nitrogens with one attached hydrogen (secondary N) is 2. The maximum Gasteiger partial charge on any atom is 0.253 e. The van der Waals surface area contributed by atoms with E-state index < -0.39 is 0 Å². The molecule has 2 heterocycles. The number of hydrogen-bond acceptors (Lipinski definition) is 3. The number of hydrogen-bond donors (Lipinski definition) is 2. The molecule has 4 heteroatoms. The predicted molar refractivity (Wildman–Crippen MR) is 81.3 cm³/mol. The van der Waals surface area contributed by atoms with Crippen LogP contribution < -0.4 is 10.6 Å². The molecule has 0 saturated carbocycles. The average Bonchev–Trinajstić information content (AvgIpc) is 3.00. The molecule has 1 fully saturated rings. The molecule has 1 aromatic rings. The molecule has 0 spiro atoms. The van der Waals surface area contributed by atoms with Crippen molar-refractivity contribution in [1.29, 1.82) is 0 Å². The summed E-state index contributed by atoms with van der Waals surface area (Å²) < 4.78 is 0. The number of benzene rings is 1. The molecule has 1 amide bonds. The summed E-state index contributed by atoms with van der Waals surface area (Å²) in [6.07, 6.45) is 4.80. The van der Waals surface area contributed by atoms with E-state index in [1.165, 1.54) is 31.5 Å². The molecule has 108 valence electrons.